The fourth-order valence-electron chi connectivity index (χ4n) is 3.73. The highest BCUT2D eigenvalue weighted by atomic mass is 16.5. The van der Waals surface area contributed by atoms with Crippen LogP contribution in [0.5, 0.6) is 5.75 Å². The van der Waals surface area contributed by atoms with Gasteiger partial charge in [-0.3, -0.25) is 4.98 Å². The van der Waals surface area contributed by atoms with E-state index in [-0.39, 0.29) is 6.61 Å². The number of hydrogen-bond acceptors (Lipinski definition) is 5. The fraction of sp³-hybridized carbons (Fsp3) is 0.138. The summed E-state index contributed by atoms with van der Waals surface area (Å²) < 4.78 is 6.04. The van der Waals surface area contributed by atoms with Crippen molar-refractivity contribution >= 4 is 11.4 Å². The molecule has 6 heteroatoms. The van der Waals surface area contributed by atoms with Crippen LogP contribution in [0.15, 0.2) is 79.0 Å². The summed E-state index contributed by atoms with van der Waals surface area (Å²) in [5.41, 5.74) is 7.48. The van der Waals surface area contributed by atoms with Crippen LogP contribution in [0, 0.1) is 24.8 Å². The van der Waals surface area contributed by atoms with Gasteiger partial charge in [0.05, 0.1) is 30.5 Å². The van der Waals surface area contributed by atoms with Crippen molar-refractivity contribution < 1.29 is 9.84 Å². The van der Waals surface area contributed by atoms with Gasteiger partial charge in [0.2, 0.25) is 0 Å². The summed E-state index contributed by atoms with van der Waals surface area (Å²) in [7, 11) is 0. The minimum absolute atomic E-state index is 0.163. The van der Waals surface area contributed by atoms with Crippen molar-refractivity contribution in [3.8, 4) is 22.9 Å². The maximum Gasteiger partial charge on any atom is 0.187 e. The predicted octanol–water partition coefficient (Wildman–Crippen LogP) is 6.16. The third-order valence-electron chi connectivity index (χ3n) is 5.73. The number of nitrogens with zero attached hydrogens (tertiary/aromatic N) is 3. The van der Waals surface area contributed by atoms with Crippen molar-refractivity contribution in [3.05, 3.63) is 118 Å². The maximum atomic E-state index is 10.1. The molecular weight excluding hydrogens is 436 g/mol. The molecule has 1 aromatic heterocycles. The van der Waals surface area contributed by atoms with Crippen molar-refractivity contribution in [3.63, 3.8) is 0 Å². The van der Waals surface area contributed by atoms with Crippen LogP contribution in [0.4, 0.5) is 11.4 Å². The van der Waals surface area contributed by atoms with Gasteiger partial charge in [-0.05, 0) is 53.4 Å². The van der Waals surface area contributed by atoms with Crippen molar-refractivity contribution in [2.45, 2.75) is 26.7 Å². The topological polar surface area (TPSA) is 82.5 Å². The minimum atomic E-state index is -0.163. The number of aliphatic hydroxyl groups excluding tert-OH is 1. The van der Waals surface area contributed by atoms with E-state index in [2.05, 4.69) is 21.2 Å². The lowest BCUT2D eigenvalue weighted by Crippen LogP contribution is -2.09. The van der Waals surface area contributed by atoms with Gasteiger partial charge in [0.25, 0.3) is 0 Å². The zero-order valence-electron chi connectivity index (χ0n) is 19.3. The molecule has 1 heterocycles. The zero-order chi connectivity index (χ0) is 24.6. The predicted molar refractivity (Wildman–Crippen MR) is 136 cm³/mol. The van der Waals surface area contributed by atoms with E-state index in [0.717, 1.165) is 27.9 Å². The summed E-state index contributed by atoms with van der Waals surface area (Å²) >= 11 is 0. The first-order valence-corrected chi connectivity index (χ1v) is 11.1. The zero-order valence-corrected chi connectivity index (χ0v) is 19.3. The first-order valence-electron chi connectivity index (χ1n) is 11.1. The average molecular weight is 461 g/mol. The van der Waals surface area contributed by atoms with Crippen molar-refractivity contribution in [1.82, 2.24) is 4.98 Å². The van der Waals surface area contributed by atoms with Gasteiger partial charge >= 0.3 is 0 Å². The molecule has 0 unspecified atom stereocenters. The Bertz CT molecular complexity index is 1380. The van der Waals surface area contributed by atoms with Gasteiger partial charge < -0.3 is 15.2 Å². The smallest absolute Gasteiger partial charge is 0.187 e. The third kappa shape index (κ3) is 5.65. The van der Waals surface area contributed by atoms with Crippen molar-refractivity contribution in [1.29, 1.82) is 5.26 Å². The highest BCUT2D eigenvalue weighted by Gasteiger charge is 2.14. The summed E-state index contributed by atoms with van der Waals surface area (Å²) in [5.74, 6) is 0.581. The largest absolute Gasteiger partial charge is 0.487 e. The highest BCUT2D eigenvalue weighted by Crippen LogP contribution is 2.28. The number of hydrogen-bond donors (Lipinski definition) is 2. The van der Waals surface area contributed by atoms with Gasteiger partial charge in [0.1, 0.15) is 12.4 Å². The van der Waals surface area contributed by atoms with Crippen LogP contribution >= 0.6 is 0 Å². The SMILES string of the molecule is [C-]#[N+]c1ccc(COc2c(C)ncc(CNc3ccc(-c4ccc(C#N)cc4)cc3)c2CO)cc1. The lowest BCUT2D eigenvalue weighted by Gasteiger charge is -2.17. The Hall–Kier alpha value is -4.65. The van der Waals surface area contributed by atoms with Gasteiger partial charge in [-0.25, -0.2) is 4.85 Å². The first kappa shape index (κ1) is 23.5. The second kappa shape index (κ2) is 11.0. The summed E-state index contributed by atoms with van der Waals surface area (Å²) in [4.78, 5) is 7.87. The lowest BCUT2D eigenvalue weighted by atomic mass is 10.0. The Morgan fingerprint density at radius 1 is 1.00 bits per heavy atom. The van der Waals surface area contributed by atoms with Gasteiger partial charge in [-0.15, -0.1) is 0 Å². The van der Waals surface area contributed by atoms with Gasteiger partial charge in [0.15, 0.2) is 5.69 Å². The van der Waals surface area contributed by atoms with E-state index in [9.17, 15) is 5.11 Å². The summed E-state index contributed by atoms with van der Waals surface area (Å²) in [6.07, 6.45) is 1.76. The quantitative estimate of drug-likeness (QED) is 0.308. The van der Waals surface area contributed by atoms with E-state index in [4.69, 9.17) is 16.6 Å². The van der Waals surface area contributed by atoms with Gasteiger partial charge in [-0.1, -0.05) is 48.5 Å². The monoisotopic (exact) mass is 460 g/mol. The number of nitrogens with one attached hydrogen (secondary N) is 1. The van der Waals surface area contributed by atoms with Crippen molar-refractivity contribution in [2.75, 3.05) is 5.32 Å². The number of benzene rings is 3. The van der Waals surface area contributed by atoms with Crippen LogP contribution in [-0.2, 0) is 19.8 Å². The van der Waals surface area contributed by atoms with Gasteiger partial charge in [0, 0.05) is 24.0 Å². The van der Waals surface area contributed by atoms with Crippen LogP contribution < -0.4 is 10.1 Å². The van der Waals surface area contributed by atoms with E-state index in [0.29, 0.717) is 41.4 Å². The molecule has 0 spiro atoms. The summed E-state index contributed by atoms with van der Waals surface area (Å²) in [6, 6.07) is 24.9. The molecule has 4 rings (SSSR count). The number of aromatic nitrogens is 1. The first-order chi connectivity index (χ1) is 17.1. The number of pyridine rings is 1. The molecule has 2 N–H and O–H groups in total. The Labute approximate surface area is 204 Å². The van der Waals surface area contributed by atoms with Crippen LogP contribution in [-0.4, -0.2) is 10.1 Å². The van der Waals surface area contributed by atoms with Crippen LogP contribution in [0.25, 0.3) is 16.0 Å². The Balaban J connectivity index is 1.45. The van der Waals surface area contributed by atoms with Crippen molar-refractivity contribution in [2.24, 2.45) is 0 Å². The number of nitriles is 1. The van der Waals surface area contributed by atoms with E-state index >= 15 is 0 Å². The minimum Gasteiger partial charge on any atom is -0.487 e. The number of aliphatic hydroxyl groups is 1. The molecule has 0 aliphatic rings. The number of rotatable bonds is 8. The number of ether oxygens (including phenoxy) is 1. The lowest BCUT2D eigenvalue weighted by molar-refractivity contribution is 0.256. The Morgan fingerprint density at radius 3 is 2.26 bits per heavy atom. The molecule has 172 valence electrons. The van der Waals surface area contributed by atoms with E-state index in [1.807, 2.05) is 67.6 Å². The van der Waals surface area contributed by atoms with E-state index < -0.39 is 0 Å². The normalized spacial score (nSPS) is 10.3. The highest BCUT2D eigenvalue weighted by molar-refractivity contribution is 5.66. The molecule has 0 radical (unpaired) electrons. The Kier molecular flexibility index (Phi) is 7.37. The molecule has 0 saturated heterocycles. The molecular formula is C29H24N4O2. The van der Waals surface area contributed by atoms with Gasteiger partial charge in [-0.2, -0.15) is 5.26 Å². The second-order valence-electron chi connectivity index (χ2n) is 8.02. The average Bonchev–Trinajstić information content (AvgIpc) is 2.92. The second-order valence-corrected chi connectivity index (χ2v) is 8.02. The molecule has 0 aliphatic carbocycles. The standard InChI is InChI=1S/C29H24N4O2/c1-20-29(35-19-22-5-11-26(31-2)12-6-22)28(18-34)25(16-32-20)17-33-27-13-9-24(10-14-27)23-7-3-21(15-30)4-8-23/h3-14,16,33-34H,17-19H2,1H3. The Morgan fingerprint density at radius 2 is 1.66 bits per heavy atom. The molecule has 4 aromatic rings. The molecule has 0 aliphatic heterocycles. The number of aryl methyl sites for hydroxylation is 1. The number of anilines is 1. The molecule has 0 fully saturated rings. The van der Waals surface area contributed by atoms with E-state index in [1.54, 1.807) is 18.3 Å². The fourth-order valence-corrected chi connectivity index (χ4v) is 3.73. The summed E-state index contributed by atoms with van der Waals surface area (Å²) in [5, 5.41) is 22.4. The molecule has 0 atom stereocenters. The third-order valence-corrected chi connectivity index (χ3v) is 5.73. The van der Waals surface area contributed by atoms with Crippen LogP contribution in [0.3, 0.4) is 0 Å². The molecule has 6 nitrogen and oxygen atoms in total. The molecule has 0 bridgehead atoms. The maximum absolute atomic E-state index is 10.1. The van der Waals surface area contributed by atoms with Crippen LogP contribution in [0.2, 0.25) is 0 Å². The van der Waals surface area contributed by atoms with E-state index in [1.165, 1.54) is 0 Å². The molecule has 0 amide bonds. The summed E-state index contributed by atoms with van der Waals surface area (Å²) in [6.45, 7) is 9.56. The van der Waals surface area contributed by atoms with Crippen LogP contribution in [0.1, 0.15) is 27.9 Å². The molecule has 3 aromatic carbocycles. The molecule has 0 saturated carbocycles. The molecule has 35 heavy (non-hydrogen) atoms.